The number of likely N-dealkylation sites (tertiary alicyclic amines) is 1. The average molecular weight is 330 g/mol. The summed E-state index contributed by atoms with van der Waals surface area (Å²) >= 11 is 1.81. The topological polar surface area (TPSA) is 50.2 Å². The number of hydrogen-bond acceptors (Lipinski definition) is 3. The molecule has 6 heteroatoms. The molecule has 2 unspecified atom stereocenters. The molecule has 0 saturated carbocycles. The van der Waals surface area contributed by atoms with Crippen LogP contribution in [-0.4, -0.2) is 33.6 Å². The molecule has 1 aliphatic heterocycles. The average Bonchev–Trinajstić information content (AvgIpc) is 3.26. The summed E-state index contributed by atoms with van der Waals surface area (Å²) < 4.78 is 2.06. The van der Waals surface area contributed by atoms with Crippen molar-refractivity contribution in [3.8, 4) is 0 Å². The summed E-state index contributed by atoms with van der Waals surface area (Å²) in [6.45, 7) is 1.58. The van der Waals surface area contributed by atoms with Crippen molar-refractivity contribution in [3.63, 3.8) is 0 Å². The predicted molar refractivity (Wildman–Crippen MR) is 90.7 cm³/mol. The quantitative estimate of drug-likeness (QED) is 0.920. The van der Waals surface area contributed by atoms with E-state index in [0.717, 1.165) is 44.6 Å². The molecule has 0 spiro atoms. The van der Waals surface area contributed by atoms with Gasteiger partial charge in [0.1, 0.15) is 5.82 Å². The van der Waals surface area contributed by atoms with Crippen molar-refractivity contribution in [2.45, 2.75) is 37.6 Å². The van der Waals surface area contributed by atoms with Gasteiger partial charge in [-0.2, -0.15) is 0 Å². The standard InChI is InChI=1S/C17H22N4OS/c1-20-9-7-18-16(20)12-5-8-21(11-12)17(22)19-14-3-2-4-15-13(14)6-10-23-15/h6-7,9-10,12,14H,2-5,8,11H2,1H3,(H,19,22). The number of nitrogens with zero attached hydrogens (tertiary/aromatic N) is 3. The number of hydrogen-bond donors (Lipinski definition) is 1. The third-order valence-electron chi connectivity index (χ3n) is 5.05. The normalized spacial score (nSPS) is 23.8. The van der Waals surface area contributed by atoms with E-state index in [-0.39, 0.29) is 12.1 Å². The molecule has 1 aliphatic carbocycles. The van der Waals surface area contributed by atoms with E-state index in [1.165, 1.54) is 10.4 Å². The lowest BCUT2D eigenvalue weighted by Crippen LogP contribution is -2.41. The maximum Gasteiger partial charge on any atom is 0.317 e. The Morgan fingerprint density at radius 1 is 1.43 bits per heavy atom. The number of carbonyl (C=O) groups excluding carboxylic acids is 1. The monoisotopic (exact) mass is 330 g/mol. The van der Waals surface area contributed by atoms with Crippen LogP contribution in [0.4, 0.5) is 4.79 Å². The second kappa shape index (κ2) is 6.00. The van der Waals surface area contributed by atoms with Gasteiger partial charge in [0.2, 0.25) is 0 Å². The maximum absolute atomic E-state index is 12.6. The number of imidazole rings is 1. The molecule has 2 atom stereocenters. The molecule has 122 valence electrons. The van der Waals surface area contributed by atoms with Gasteiger partial charge in [-0.1, -0.05) is 0 Å². The molecular formula is C17H22N4OS. The third-order valence-corrected chi connectivity index (χ3v) is 6.05. The molecule has 2 aromatic heterocycles. The molecule has 1 fully saturated rings. The SMILES string of the molecule is Cn1ccnc1C1CCN(C(=O)NC2CCCc3sccc32)C1. The van der Waals surface area contributed by atoms with Crippen LogP contribution in [-0.2, 0) is 13.5 Å². The zero-order chi connectivity index (χ0) is 15.8. The molecule has 2 aliphatic rings. The fourth-order valence-electron chi connectivity index (χ4n) is 3.80. The van der Waals surface area contributed by atoms with Gasteiger partial charge in [0.15, 0.2) is 0 Å². The van der Waals surface area contributed by atoms with Crippen molar-refractivity contribution in [1.29, 1.82) is 0 Å². The maximum atomic E-state index is 12.6. The minimum Gasteiger partial charge on any atom is -0.338 e. The summed E-state index contributed by atoms with van der Waals surface area (Å²) in [5, 5.41) is 5.39. The van der Waals surface area contributed by atoms with Crippen LogP contribution in [0.15, 0.2) is 23.8 Å². The van der Waals surface area contributed by atoms with E-state index < -0.39 is 0 Å². The van der Waals surface area contributed by atoms with E-state index in [1.807, 2.05) is 35.7 Å². The molecule has 2 amide bonds. The number of carbonyl (C=O) groups is 1. The molecule has 1 N–H and O–H groups in total. The van der Waals surface area contributed by atoms with Gasteiger partial charge in [0.25, 0.3) is 0 Å². The van der Waals surface area contributed by atoms with Crippen LogP contribution in [0.1, 0.15) is 47.5 Å². The highest BCUT2D eigenvalue weighted by molar-refractivity contribution is 7.10. The largest absolute Gasteiger partial charge is 0.338 e. The Morgan fingerprint density at radius 3 is 3.17 bits per heavy atom. The van der Waals surface area contributed by atoms with Crippen molar-refractivity contribution in [3.05, 3.63) is 40.1 Å². The van der Waals surface area contributed by atoms with Gasteiger partial charge in [-0.25, -0.2) is 9.78 Å². The van der Waals surface area contributed by atoms with Crippen LogP contribution in [0.5, 0.6) is 0 Å². The van der Waals surface area contributed by atoms with Gasteiger partial charge in [-0.15, -0.1) is 11.3 Å². The van der Waals surface area contributed by atoms with E-state index in [1.54, 1.807) is 0 Å². The van der Waals surface area contributed by atoms with E-state index in [9.17, 15) is 4.79 Å². The highest BCUT2D eigenvalue weighted by atomic mass is 32.1. The Morgan fingerprint density at radius 2 is 2.35 bits per heavy atom. The number of nitrogens with one attached hydrogen (secondary N) is 1. The Labute approximate surface area is 140 Å². The smallest absolute Gasteiger partial charge is 0.317 e. The molecule has 3 heterocycles. The van der Waals surface area contributed by atoms with Crippen LogP contribution in [0.3, 0.4) is 0 Å². The first-order chi connectivity index (χ1) is 11.2. The number of fused-ring (bicyclic) bond motifs is 1. The Kier molecular flexibility index (Phi) is 3.85. The number of thiophene rings is 1. The van der Waals surface area contributed by atoms with Gasteiger partial charge in [-0.05, 0) is 42.7 Å². The number of urea groups is 1. The lowest BCUT2D eigenvalue weighted by molar-refractivity contribution is 0.202. The second-order valence-electron chi connectivity index (χ2n) is 6.52. The minimum absolute atomic E-state index is 0.0748. The molecule has 2 aromatic rings. The molecular weight excluding hydrogens is 308 g/mol. The van der Waals surface area contributed by atoms with Crippen molar-refractivity contribution in [2.24, 2.45) is 7.05 Å². The minimum atomic E-state index is 0.0748. The van der Waals surface area contributed by atoms with E-state index in [2.05, 4.69) is 26.3 Å². The molecule has 0 bridgehead atoms. The summed E-state index contributed by atoms with van der Waals surface area (Å²) in [7, 11) is 2.02. The molecule has 5 nitrogen and oxygen atoms in total. The number of rotatable bonds is 2. The Balaban J connectivity index is 1.41. The van der Waals surface area contributed by atoms with Gasteiger partial charge >= 0.3 is 6.03 Å². The lowest BCUT2D eigenvalue weighted by atomic mass is 9.94. The fraction of sp³-hybridized carbons (Fsp3) is 0.529. The van der Waals surface area contributed by atoms with Gasteiger partial charge in [0, 0.05) is 43.3 Å². The first-order valence-electron chi connectivity index (χ1n) is 8.31. The number of aromatic nitrogens is 2. The van der Waals surface area contributed by atoms with Crippen molar-refractivity contribution < 1.29 is 4.79 Å². The summed E-state index contributed by atoms with van der Waals surface area (Å²) in [4.78, 5) is 20.5. The van der Waals surface area contributed by atoms with E-state index >= 15 is 0 Å². The highest BCUT2D eigenvalue weighted by Crippen LogP contribution is 2.34. The molecule has 1 saturated heterocycles. The zero-order valence-corrected chi connectivity index (χ0v) is 14.2. The lowest BCUT2D eigenvalue weighted by Gasteiger charge is -2.26. The van der Waals surface area contributed by atoms with Gasteiger partial charge < -0.3 is 14.8 Å². The Bertz CT molecular complexity index is 707. The van der Waals surface area contributed by atoms with Crippen LogP contribution in [0, 0.1) is 0 Å². The zero-order valence-electron chi connectivity index (χ0n) is 13.4. The summed E-state index contributed by atoms with van der Waals surface area (Å²) in [5.74, 6) is 1.43. The van der Waals surface area contributed by atoms with Crippen LogP contribution < -0.4 is 5.32 Å². The van der Waals surface area contributed by atoms with Crippen molar-refractivity contribution in [2.75, 3.05) is 13.1 Å². The fourth-order valence-corrected chi connectivity index (χ4v) is 4.79. The predicted octanol–water partition coefficient (Wildman–Crippen LogP) is 3.06. The highest BCUT2D eigenvalue weighted by Gasteiger charge is 2.31. The van der Waals surface area contributed by atoms with Gasteiger partial charge in [-0.3, -0.25) is 0 Å². The van der Waals surface area contributed by atoms with Gasteiger partial charge in [0.05, 0.1) is 6.04 Å². The summed E-state index contributed by atoms with van der Waals surface area (Å²) in [6.07, 6.45) is 8.16. The van der Waals surface area contributed by atoms with Crippen molar-refractivity contribution >= 4 is 17.4 Å². The molecule has 0 aromatic carbocycles. The summed E-state index contributed by atoms with van der Waals surface area (Å²) in [6, 6.07) is 2.43. The summed E-state index contributed by atoms with van der Waals surface area (Å²) in [5.41, 5.74) is 1.33. The number of amides is 2. The van der Waals surface area contributed by atoms with Crippen LogP contribution in [0.25, 0.3) is 0 Å². The number of aryl methyl sites for hydroxylation is 2. The van der Waals surface area contributed by atoms with Crippen LogP contribution >= 0.6 is 11.3 Å². The molecule has 23 heavy (non-hydrogen) atoms. The van der Waals surface area contributed by atoms with Crippen molar-refractivity contribution in [1.82, 2.24) is 19.8 Å². The Hall–Kier alpha value is -1.82. The van der Waals surface area contributed by atoms with E-state index in [4.69, 9.17) is 0 Å². The molecule has 4 rings (SSSR count). The third kappa shape index (κ3) is 2.76. The first kappa shape index (κ1) is 14.8. The molecule has 0 radical (unpaired) electrons. The van der Waals surface area contributed by atoms with Crippen LogP contribution in [0.2, 0.25) is 0 Å². The van der Waals surface area contributed by atoms with E-state index in [0.29, 0.717) is 5.92 Å². The second-order valence-corrected chi connectivity index (χ2v) is 7.52. The first-order valence-corrected chi connectivity index (χ1v) is 9.19.